The smallest absolute Gasteiger partial charge is 0.255 e. The fourth-order valence-corrected chi connectivity index (χ4v) is 2.97. The van der Waals surface area contributed by atoms with Gasteiger partial charge in [-0.2, -0.15) is 0 Å². The summed E-state index contributed by atoms with van der Waals surface area (Å²) in [6, 6.07) is 10.9. The van der Waals surface area contributed by atoms with E-state index in [9.17, 15) is 4.79 Å². The Morgan fingerprint density at radius 2 is 1.77 bits per heavy atom. The molecule has 1 aliphatic heterocycles. The summed E-state index contributed by atoms with van der Waals surface area (Å²) in [7, 11) is 0. The highest BCUT2D eigenvalue weighted by molar-refractivity contribution is 6.34. The molecule has 2 aromatic rings. The normalized spacial score (nSPS) is 13.8. The largest absolute Gasteiger partial charge is 0.399 e. The maximum absolute atomic E-state index is 12.6. The van der Waals surface area contributed by atoms with Crippen LogP contribution in [0.4, 0.5) is 5.69 Å². The summed E-state index contributed by atoms with van der Waals surface area (Å²) < 4.78 is 0. The van der Waals surface area contributed by atoms with Crippen molar-refractivity contribution >= 4 is 60.4 Å². The number of nitrogen functional groups attached to an aromatic ring is 1. The Kier molecular flexibility index (Phi) is 10.9. The summed E-state index contributed by atoms with van der Waals surface area (Å²) in [4.78, 5) is 21.1. The lowest BCUT2D eigenvalue weighted by Crippen LogP contribution is -2.48. The molecule has 2 heterocycles. The lowest BCUT2D eigenvalue weighted by molar-refractivity contribution is 0.0627. The van der Waals surface area contributed by atoms with Crippen molar-refractivity contribution < 1.29 is 4.79 Å². The molecule has 144 valence electrons. The SMILES string of the molecule is Cl.Cl.Cl.Nc1ccc(C(=O)N2CCN(Cc3ccccn3)CC2)c(Cl)c1. The van der Waals surface area contributed by atoms with Crippen LogP contribution in [-0.2, 0) is 6.54 Å². The molecule has 5 nitrogen and oxygen atoms in total. The summed E-state index contributed by atoms with van der Waals surface area (Å²) in [5.74, 6) is -0.0347. The Balaban J connectivity index is 0.00000208. The van der Waals surface area contributed by atoms with Crippen LogP contribution in [0.3, 0.4) is 0 Å². The van der Waals surface area contributed by atoms with E-state index in [4.69, 9.17) is 17.3 Å². The van der Waals surface area contributed by atoms with E-state index in [1.807, 2.05) is 23.1 Å². The molecule has 0 spiro atoms. The topological polar surface area (TPSA) is 62.5 Å². The van der Waals surface area contributed by atoms with Crippen molar-refractivity contribution in [3.63, 3.8) is 0 Å². The second kappa shape index (κ2) is 11.5. The van der Waals surface area contributed by atoms with Gasteiger partial charge in [-0.3, -0.25) is 14.7 Å². The van der Waals surface area contributed by atoms with E-state index in [2.05, 4.69) is 9.88 Å². The second-order valence-electron chi connectivity index (χ2n) is 5.63. The van der Waals surface area contributed by atoms with Crippen molar-refractivity contribution in [2.24, 2.45) is 0 Å². The third kappa shape index (κ3) is 6.18. The number of nitrogens with two attached hydrogens (primary N) is 1. The van der Waals surface area contributed by atoms with Crippen molar-refractivity contribution in [1.82, 2.24) is 14.8 Å². The van der Waals surface area contributed by atoms with Crippen LogP contribution in [-0.4, -0.2) is 46.9 Å². The number of nitrogens with zero attached hydrogens (tertiary/aromatic N) is 3. The van der Waals surface area contributed by atoms with Crippen LogP contribution >= 0.6 is 48.8 Å². The van der Waals surface area contributed by atoms with E-state index in [1.54, 1.807) is 24.4 Å². The van der Waals surface area contributed by atoms with Gasteiger partial charge in [0.1, 0.15) is 0 Å². The number of benzene rings is 1. The third-order valence-corrected chi connectivity index (χ3v) is 4.31. The molecule has 0 radical (unpaired) electrons. The number of rotatable bonds is 3. The Labute approximate surface area is 177 Å². The van der Waals surface area contributed by atoms with Gasteiger partial charge in [-0.05, 0) is 30.3 Å². The number of anilines is 1. The van der Waals surface area contributed by atoms with Gasteiger partial charge in [0.15, 0.2) is 0 Å². The first-order chi connectivity index (χ1) is 11.1. The molecule has 0 unspecified atom stereocenters. The quantitative estimate of drug-likeness (QED) is 0.742. The van der Waals surface area contributed by atoms with Gasteiger partial charge in [0.25, 0.3) is 5.91 Å². The van der Waals surface area contributed by atoms with Gasteiger partial charge in [-0.25, -0.2) is 0 Å². The molecule has 1 amide bonds. The number of pyridine rings is 1. The van der Waals surface area contributed by atoms with E-state index in [0.717, 1.165) is 25.3 Å². The Morgan fingerprint density at radius 1 is 1.08 bits per heavy atom. The average Bonchev–Trinajstić information content (AvgIpc) is 2.56. The first kappa shape index (κ1) is 24.8. The number of halogens is 4. The molecular weight excluding hydrogens is 418 g/mol. The highest BCUT2D eigenvalue weighted by atomic mass is 35.5. The predicted octanol–water partition coefficient (Wildman–Crippen LogP) is 3.54. The molecule has 3 rings (SSSR count). The molecule has 1 aliphatic rings. The van der Waals surface area contributed by atoms with Gasteiger partial charge in [-0.15, -0.1) is 37.2 Å². The molecule has 0 atom stereocenters. The molecule has 1 aromatic heterocycles. The molecule has 0 aliphatic carbocycles. The van der Waals surface area contributed by atoms with Crippen molar-refractivity contribution in [3.05, 3.63) is 58.9 Å². The molecule has 9 heteroatoms. The van der Waals surface area contributed by atoms with Crippen LogP contribution in [0.1, 0.15) is 16.1 Å². The van der Waals surface area contributed by atoms with Gasteiger partial charge in [0.05, 0.1) is 16.3 Å². The molecule has 2 N–H and O–H groups in total. The highest BCUT2D eigenvalue weighted by Crippen LogP contribution is 2.21. The number of hydrogen-bond donors (Lipinski definition) is 1. The number of aromatic nitrogens is 1. The number of piperazine rings is 1. The third-order valence-electron chi connectivity index (χ3n) is 3.99. The first-order valence-corrected chi connectivity index (χ1v) is 7.98. The fraction of sp³-hybridized carbons (Fsp3) is 0.294. The number of carbonyl (C=O) groups is 1. The van der Waals surface area contributed by atoms with Crippen LogP contribution in [0.2, 0.25) is 5.02 Å². The number of hydrogen-bond acceptors (Lipinski definition) is 4. The second-order valence-corrected chi connectivity index (χ2v) is 6.04. The van der Waals surface area contributed by atoms with E-state index in [1.165, 1.54) is 0 Å². The summed E-state index contributed by atoms with van der Waals surface area (Å²) in [6.45, 7) is 3.84. The molecule has 0 bridgehead atoms. The predicted molar refractivity (Wildman–Crippen MR) is 113 cm³/mol. The van der Waals surface area contributed by atoms with Crippen LogP contribution in [0.5, 0.6) is 0 Å². The summed E-state index contributed by atoms with van der Waals surface area (Å²) in [5.41, 5.74) is 7.80. The lowest BCUT2D eigenvalue weighted by atomic mass is 10.1. The lowest BCUT2D eigenvalue weighted by Gasteiger charge is -2.34. The standard InChI is InChI=1S/C17H19ClN4O.3ClH/c18-16-11-13(19)4-5-15(16)17(23)22-9-7-21(8-10-22)12-14-3-1-2-6-20-14;;;/h1-6,11H,7-10,12,19H2;3*1H. The van der Waals surface area contributed by atoms with Crippen LogP contribution in [0, 0.1) is 0 Å². The van der Waals surface area contributed by atoms with E-state index < -0.39 is 0 Å². The summed E-state index contributed by atoms with van der Waals surface area (Å²) in [6.07, 6.45) is 1.80. The van der Waals surface area contributed by atoms with Gasteiger partial charge < -0.3 is 10.6 Å². The van der Waals surface area contributed by atoms with E-state index in [-0.39, 0.29) is 43.1 Å². The van der Waals surface area contributed by atoms with Crippen molar-refractivity contribution in [2.75, 3.05) is 31.9 Å². The van der Waals surface area contributed by atoms with E-state index >= 15 is 0 Å². The van der Waals surface area contributed by atoms with Crippen molar-refractivity contribution in [1.29, 1.82) is 0 Å². The molecule has 1 saturated heterocycles. The monoisotopic (exact) mass is 438 g/mol. The highest BCUT2D eigenvalue weighted by Gasteiger charge is 2.23. The minimum atomic E-state index is -0.0347. The van der Waals surface area contributed by atoms with E-state index in [0.29, 0.717) is 29.4 Å². The van der Waals surface area contributed by atoms with Crippen LogP contribution in [0.15, 0.2) is 42.6 Å². The fourth-order valence-electron chi connectivity index (χ4n) is 2.70. The van der Waals surface area contributed by atoms with Gasteiger partial charge >= 0.3 is 0 Å². The van der Waals surface area contributed by atoms with Crippen molar-refractivity contribution in [3.8, 4) is 0 Å². The summed E-state index contributed by atoms with van der Waals surface area (Å²) in [5, 5.41) is 0.408. The first-order valence-electron chi connectivity index (χ1n) is 7.60. The van der Waals surface area contributed by atoms with Gasteiger partial charge in [0.2, 0.25) is 0 Å². The minimum absolute atomic E-state index is 0. The van der Waals surface area contributed by atoms with Gasteiger partial charge in [-0.1, -0.05) is 17.7 Å². The molecule has 26 heavy (non-hydrogen) atoms. The molecule has 1 fully saturated rings. The minimum Gasteiger partial charge on any atom is -0.399 e. The molecule has 1 aromatic carbocycles. The van der Waals surface area contributed by atoms with Crippen LogP contribution in [0.25, 0.3) is 0 Å². The van der Waals surface area contributed by atoms with Gasteiger partial charge in [0, 0.05) is 44.6 Å². The van der Waals surface area contributed by atoms with Crippen LogP contribution < -0.4 is 5.73 Å². The average molecular weight is 440 g/mol. The maximum Gasteiger partial charge on any atom is 0.255 e. The molecule has 0 saturated carbocycles. The molecular formula is C17H22Cl4N4O. The Bertz CT molecular complexity index is 694. The Hall–Kier alpha value is -1.24. The van der Waals surface area contributed by atoms with Crippen molar-refractivity contribution in [2.45, 2.75) is 6.54 Å². The maximum atomic E-state index is 12.6. The number of amides is 1. The number of carbonyl (C=O) groups excluding carboxylic acids is 1. The zero-order chi connectivity index (χ0) is 16.2. The zero-order valence-corrected chi connectivity index (χ0v) is 17.2. The summed E-state index contributed by atoms with van der Waals surface area (Å²) >= 11 is 6.13. The Morgan fingerprint density at radius 3 is 2.35 bits per heavy atom. The zero-order valence-electron chi connectivity index (χ0n) is 14.0.